The Kier molecular flexibility index (Phi) is 8.59. The molecule has 1 unspecified atom stereocenters. The Balaban J connectivity index is 1.57. The highest BCUT2D eigenvalue weighted by molar-refractivity contribution is 6.09. The van der Waals surface area contributed by atoms with E-state index in [4.69, 9.17) is 25.0 Å². The van der Waals surface area contributed by atoms with E-state index in [0.29, 0.717) is 52.4 Å². The molecule has 0 bridgehead atoms. The third-order valence-electron chi connectivity index (χ3n) is 8.17. The van der Waals surface area contributed by atoms with Gasteiger partial charge in [-0.05, 0) is 75.4 Å². The summed E-state index contributed by atoms with van der Waals surface area (Å²) in [6, 6.07) is 12.2. The lowest BCUT2D eigenvalue weighted by Crippen LogP contribution is -2.26. The Morgan fingerprint density at radius 2 is 1.88 bits per heavy atom. The zero-order valence-electron chi connectivity index (χ0n) is 25.3. The molecule has 1 aliphatic carbocycles. The monoisotopic (exact) mass is 568 g/mol. The molecule has 1 amide bonds. The van der Waals surface area contributed by atoms with Crippen LogP contribution in [-0.2, 0) is 4.79 Å². The summed E-state index contributed by atoms with van der Waals surface area (Å²) in [5.74, 6) is 1.95. The molecule has 9 heteroatoms. The van der Waals surface area contributed by atoms with Crippen LogP contribution in [0.4, 0.5) is 11.5 Å². The van der Waals surface area contributed by atoms with Gasteiger partial charge in [0.25, 0.3) is 5.91 Å². The first-order valence-corrected chi connectivity index (χ1v) is 14.5. The van der Waals surface area contributed by atoms with Gasteiger partial charge in [-0.25, -0.2) is 9.67 Å². The summed E-state index contributed by atoms with van der Waals surface area (Å²) in [6.07, 6.45) is 9.38. The number of nitrogens with zero attached hydrogens (tertiary/aromatic N) is 5. The van der Waals surface area contributed by atoms with Gasteiger partial charge < -0.3 is 19.8 Å². The number of ether oxygens (including phenoxy) is 2. The minimum atomic E-state index is -0.146. The number of carbonyl (C=O) groups is 1. The van der Waals surface area contributed by atoms with E-state index >= 15 is 0 Å². The second-order valence-corrected chi connectivity index (χ2v) is 11.1. The van der Waals surface area contributed by atoms with E-state index in [0.717, 1.165) is 29.8 Å². The number of carbonyl (C=O) groups excluding carboxylic acids is 1. The van der Waals surface area contributed by atoms with Crippen LogP contribution in [0.5, 0.6) is 11.5 Å². The molecule has 1 aliphatic heterocycles. The maximum Gasteiger partial charge on any atom is 0.250 e. The topological polar surface area (TPSA) is 96.0 Å². The minimum absolute atomic E-state index is 0.146. The van der Waals surface area contributed by atoms with E-state index in [2.05, 4.69) is 18.9 Å². The van der Waals surface area contributed by atoms with Crippen LogP contribution in [0.1, 0.15) is 43.7 Å². The summed E-state index contributed by atoms with van der Waals surface area (Å²) in [7, 11) is 7.07. The van der Waals surface area contributed by atoms with Crippen molar-refractivity contribution in [3.05, 3.63) is 59.7 Å². The Hall–Kier alpha value is -4.24. The molecule has 5 rings (SSSR count). The van der Waals surface area contributed by atoms with Crippen LogP contribution >= 0.6 is 0 Å². The average Bonchev–Trinajstić information content (AvgIpc) is 3.81. The van der Waals surface area contributed by atoms with Gasteiger partial charge in [0, 0.05) is 43.2 Å². The van der Waals surface area contributed by atoms with Crippen LogP contribution in [0.15, 0.2) is 53.5 Å². The Morgan fingerprint density at radius 3 is 2.57 bits per heavy atom. The molecule has 1 saturated carbocycles. The number of aryl methyl sites for hydroxylation is 1. The predicted molar refractivity (Wildman–Crippen MR) is 168 cm³/mol. The van der Waals surface area contributed by atoms with Crippen molar-refractivity contribution in [1.82, 2.24) is 14.7 Å². The highest BCUT2D eigenvalue weighted by atomic mass is 16.5. The van der Waals surface area contributed by atoms with Gasteiger partial charge in [-0.1, -0.05) is 25.1 Å². The maximum atomic E-state index is 13.2. The molecule has 1 fully saturated rings. The number of fused-ring (bicyclic) bond motifs is 1. The molecule has 1 atom stereocenters. The molecular weight excluding hydrogens is 528 g/mol. The van der Waals surface area contributed by atoms with Crippen LogP contribution in [0.3, 0.4) is 0 Å². The molecule has 0 radical (unpaired) electrons. The van der Waals surface area contributed by atoms with Crippen molar-refractivity contribution >= 4 is 29.3 Å². The van der Waals surface area contributed by atoms with Gasteiger partial charge in [0.2, 0.25) is 0 Å². The summed E-state index contributed by atoms with van der Waals surface area (Å²) >= 11 is 0. The number of hydrogen-bond acceptors (Lipinski definition) is 7. The number of amides is 1. The second kappa shape index (κ2) is 12.3. The van der Waals surface area contributed by atoms with Crippen LogP contribution in [0.2, 0.25) is 0 Å². The number of likely N-dealkylation sites (N-methyl/N-ethyl adjacent to an activating group) is 2. The second-order valence-electron chi connectivity index (χ2n) is 11.1. The number of anilines is 1. The van der Waals surface area contributed by atoms with Crippen molar-refractivity contribution < 1.29 is 14.3 Å². The lowest BCUT2D eigenvalue weighted by atomic mass is 9.95. The lowest BCUT2D eigenvalue weighted by molar-refractivity contribution is -0.113. The number of methoxy groups -OCH3 is 2. The lowest BCUT2D eigenvalue weighted by Gasteiger charge is -2.20. The number of aliphatic imine (C=N–C) groups is 1. The SMILES string of the molecule is CCC1C=Nc2c(c(-c3ccc(C)c(OC)c3)nn2-c2ccc(OC)c(N(C)C(=O)C=CCN(C)C3CC3)c2)C(=N)C1. The molecule has 3 aromatic rings. The predicted octanol–water partition coefficient (Wildman–Crippen LogP) is 5.98. The van der Waals surface area contributed by atoms with Gasteiger partial charge in [-0.3, -0.25) is 9.69 Å². The van der Waals surface area contributed by atoms with E-state index < -0.39 is 0 Å². The van der Waals surface area contributed by atoms with E-state index in [1.54, 1.807) is 36.9 Å². The maximum absolute atomic E-state index is 13.2. The molecule has 2 aromatic carbocycles. The molecule has 9 nitrogen and oxygen atoms in total. The number of rotatable bonds is 10. The molecule has 2 aliphatic rings. The van der Waals surface area contributed by atoms with Gasteiger partial charge in [-0.15, -0.1) is 0 Å². The number of nitrogens with one attached hydrogen (secondary N) is 1. The standard InChI is InChI=1S/C33H40N6O3/c1-7-22-17-26(34)31-32(23-11-10-21(2)29(18-23)42-6)36-39(33(31)35-20-22)25-14-15-28(41-5)27(19-25)38(4)30(40)9-8-16-37(3)24-12-13-24/h8-11,14-15,18-20,22,24,34H,7,12-13,16-17H2,1-6H3. The van der Waals surface area contributed by atoms with E-state index in [9.17, 15) is 4.79 Å². The van der Waals surface area contributed by atoms with Crippen LogP contribution in [0, 0.1) is 18.3 Å². The first-order valence-electron chi connectivity index (χ1n) is 14.5. The quantitative estimate of drug-likeness (QED) is 0.304. The summed E-state index contributed by atoms with van der Waals surface area (Å²) in [4.78, 5) is 21.9. The summed E-state index contributed by atoms with van der Waals surface area (Å²) in [5, 5.41) is 14.1. The third kappa shape index (κ3) is 5.87. The fraction of sp³-hybridized carbons (Fsp3) is 0.394. The van der Waals surface area contributed by atoms with E-state index in [1.807, 2.05) is 55.6 Å². The zero-order chi connectivity index (χ0) is 30.0. The van der Waals surface area contributed by atoms with Crippen molar-refractivity contribution in [1.29, 1.82) is 5.41 Å². The van der Waals surface area contributed by atoms with Gasteiger partial charge in [0.15, 0.2) is 5.82 Å². The first-order chi connectivity index (χ1) is 20.2. The minimum Gasteiger partial charge on any atom is -0.496 e. The van der Waals surface area contributed by atoms with Crippen molar-refractivity contribution in [2.75, 3.05) is 39.8 Å². The van der Waals surface area contributed by atoms with Crippen LogP contribution in [-0.4, -0.2) is 73.4 Å². The zero-order valence-corrected chi connectivity index (χ0v) is 25.3. The molecule has 0 saturated heterocycles. The molecule has 1 N–H and O–H groups in total. The van der Waals surface area contributed by atoms with E-state index in [1.165, 1.54) is 12.8 Å². The van der Waals surface area contributed by atoms with E-state index in [-0.39, 0.29) is 11.8 Å². The van der Waals surface area contributed by atoms with Gasteiger partial charge in [0.1, 0.15) is 17.2 Å². The highest BCUT2D eigenvalue weighted by Crippen LogP contribution is 2.39. The number of benzene rings is 2. The Bertz CT molecular complexity index is 1550. The molecule has 1 aromatic heterocycles. The largest absolute Gasteiger partial charge is 0.496 e. The normalized spacial score (nSPS) is 16.5. The summed E-state index contributed by atoms with van der Waals surface area (Å²) < 4.78 is 13.0. The number of aromatic nitrogens is 2. The van der Waals surface area contributed by atoms with Crippen molar-refractivity contribution in [2.24, 2.45) is 10.9 Å². The van der Waals surface area contributed by atoms with Crippen molar-refractivity contribution in [2.45, 2.75) is 45.6 Å². The fourth-order valence-electron chi connectivity index (χ4n) is 5.29. The molecule has 42 heavy (non-hydrogen) atoms. The highest BCUT2D eigenvalue weighted by Gasteiger charge is 2.28. The third-order valence-corrected chi connectivity index (χ3v) is 8.17. The number of hydrogen-bond donors (Lipinski definition) is 1. The van der Waals surface area contributed by atoms with Crippen LogP contribution < -0.4 is 14.4 Å². The molecule has 2 heterocycles. The Labute approximate surface area is 248 Å². The van der Waals surface area contributed by atoms with Gasteiger partial charge in [0.05, 0.1) is 31.2 Å². The smallest absolute Gasteiger partial charge is 0.250 e. The average molecular weight is 569 g/mol. The van der Waals surface area contributed by atoms with Crippen LogP contribution in [0.25, 0.3) is 16.9 Å². The molecule has 220 valence electrons. The van der Waals surface area contributed by atoms with Gasteiger partial charge >= 0.3 is 0 Å². The van der Waals surface area contributed by atoms with Crippen molar-refractivity contribution in [3.8, 4) is 28.4 Å². The summed E-state index contributed by atoms with van der Waals surface area (Å²) in [6.45, 7) is 4.84. The van der Waals surface area contributed by atoms with Crippen molar-refractivity contribution in [3.63, 3.8) is 0 Å². The first kappa shape index (κ1) is 29.3. The fourth-order valence-corrected chi connectivity index (χ4v) is 5.29. The molecule has 0 spiro atoms. The summed E-state index contributed by atoms with van der Waals surface area (Å²) in [5.41, 5.74) is 5.07. The Morgan fingerprint density at radius 1 is 1.12 bits per heavy atom. The molecular formula is C33H40N6O3. The van der Waals surface area contributed by atoms with Gasteiger partial charge in [-0.2, -0.15) is 5.10 Å².